The third kappa shape index (κ3) is 3.47. The number of hydrogen-bond acceptors (Lipinski definition) is 1. The van der Waals surface area contributed by atoms with E-state index in [-0.39, 0.29) is 0 Å². The first-order valence-corrected chi connectivity index (χ1v) is 4.73. The maximum Gasteiger partial charge on any atom is -0.00114 e. The second-order valence-corrected chi connectivity index (χ2v) is 3.10. The standard InChI is InChI=1S/C13H15N/c1-3-4-6-12-7-5-8-13(11-12)9-10-14-2/h1,4-8,11,14H,9-10H2,2H3/b6-4-. The number of likely N-dealkylation sites (N-methyl/N-ethyl adjacent to an activating group) is 1. The van der Waals surface area contributed by atoms with Gasteiger partial charge in [0.1, 0.15) is 0 Å². The van der Waals surface area contributed by atoms with Crippen molar-refractivity contribution < 1.29 is 0 Å². The molecule has 1 N–H and O–H groups in total. The van der Waals surface area contributed by atoms with E-state index in [1.54, 1.807) is 6.08 Å². The van der Waals surface area contributed by atoms with Gasteiger partial charge in [-0.1, -0.05) is 30.2 Å². The fourth-order valence-electron chi connectivity index (χ4n) is 1.27. The molecule has 0 aromatic heterocycles. The molecule has 72 valence electrons. The van der Waals surface area contributed by atoms with E-state index in [4.69, 9.17) is 6.42 Å². The van der Waals surface area contributed by atoms with Crippen LogP contribution in [-0.2, 0) is 6.42 Å². The minimum absolute atomic E-state index is 1.00. The molecule has 0 atom stereocenters. The largest absolute Gasteiger partial charge is 0.319 e. The van der Waals surface area contributed by atoms with Crippen molar-refractivity contribution in [1.29, 1.82) is 0 Å². The molecular weight excluding hydrogens is 170 g/mol. The van der Waals surface area contributed by atoms with E-state index >= 15 is 0 Å². The summed E-state index contributed by atoms with van der Waals surface area (Å²) in [6.07, 6.45) is 9.86. The molecule has 0 saturated heterocycles. The van der Waals surface area contributed by atoms with Crippen molar-refractivity contribution in [2.24, 2.45) is 0 Å². The summed E-state index contributed by atoms with van der Waals surface area (Å²) in [7, 11) is 1.96. The lowest BCUT2D eigenvalue weighted by Gasteiger charge is -2.01. The van der Waals surface area contributed by atoms with E-state index in [0.29, 0.717) is 0 Å². The fraction of sp³-hybridized carbons (Fsp3) is 0.231. The summed E-state index contributed by atoms with van der Waals surface area (Å²) in [5.74, 6) is 2.49. The minimum atomic E-state index is 1.00. The molecule has 1 aromatic rings. The van der Waals surface area contributed by atoms with E-state index < -0.39 is 0 Å². The van der Waals surface area contributed by atoms with Crippen molar-refractivity contribution in [2.45, 2.75) is 6.42 Å². The smallest absolute Gasteiger partial charge is 0.00114 e. The van der Waals surface area contributed by atoms with Crippen LogP contribution in [0.2, 0.25) is 0 Å². The van der Waals surface area contributed by atoms with Crippen LogP contribution in [0.15, 0.2) is 30.3 Å². The molecule has 0 amide bonds. The molecule has 14 heavy (non-hydrogen) atoms. The average Bonchev–Trinajstić information content (AvgIpc) is 2.24. The van der Waals surface area contributed by atoms with E-state index in [9.17, 15) is 0 Å². The summed E-state index contributed by atoms with van der Waals surface area (Å²) >= 11 is 0. The van der Waals surface area contributed by atoms with Crippen LogP contribution in [0.3, 0.4) is 0 Å². The van der Waals surface area contributed by atoms with Crippen LogP contribution in [-0.4, -0.2) is 13.6 Å². The Morgan fingerprint density at radius 1 is 1.50 bits per heavy atom. The van der Waals surface area contributed by atoms with E-state index in [1.807, 2.05) is 13.1 Å². The molecule has 0 saturated carbocycles. The molecule has 0 bridgehead atoms. The summed E-state index contributed by atoms with van der Waals surface area (Å²) in [4.78, 5) is 0. The van der Waals surface area contributed by atoms with Gasteiger partial charge in [-0.2, -0.15) is 0 Å². The lowest BCUT2D eigenvalue weighted by atomic mass is 10.1. The zero-order valence-electron chi connectivity index (χ0n) is 8.46. The second kappa shape index (κ2) is 6.01. The summed E-state index contributed by atoms with van der Waals surface area (Å²) in [5, 5.41) is 3.13. The molecule has 0 unspecified atom stereocenters. The van der Waals surface area contributed by atoms with Gasteiger partial charge in [0.25, 0.3) is 0 Å². The van der Waals surface area contributed by atoms with Crippen molar-refractivity contribution in [3.05, 3.63) is 41.5 Å². The van der Waals surface area contributed by atoms with Crippen LogP contribution in [0.1, 0.15) is 11.1 Å². The van der Waals surface area contributed by atoms with Gasteiger partial charge in [-0.3, -0.25) is 0 Å². The van der Waals surface area contributed by atoms with E-state index in [1.165, 1.54) is 5.56 Å². The molecular formula is C13H15N. The molecule has 0 spiro atoms. The number of benzene rings is 1. The highest BCUT2D eigenvalue weighted by molar-refractivity contribution is 5.53. The molecule has 1 nitrogen and oxygen atoms in total. The van der Waals surface area contributed by atoms with Crippen LogP contribution in [0, 0.1) is 12.3 Å². The van der Waals surface area contributed by atoms with Crippen molar-refractivity contribution in [1.82, 2.24) is 5.32 Å². The first-order chi connectivity index (χ1) is 6.86. The summed E-state index contributed by atoms with van der Waals surface area (Å²) in [5.41, 5.74) is 2.50. The number of hydrogen-bond donors (Lipinski definition) is 1. The Kier molecular flexibility index (Phi) is 4.54. The number of terminal acetylenes is 1. The summed E-state index contributed by atoms with van der Waals surface area (Å²) in [6.45, 7) is 1.00. The third-order valence-corrected chi connectivity index (χ3v) is 1.99. The summed E-state index contributed by atoms with van der Waals surface area (Å²) in [6, 6.07) is 8.40. The fourth-order valence-corrected chi connectivity index (χ4v) is 1.27. The number of nitrogens with one attached hydrogen (secondary N) is 1. The molecule has 1 rings (SSSR count). The lowest BCUT2D eigenvalue weighted by Crippen LogP contribution is -2.10. The second-order valence-electron chi connectivity index (χ2n) is 3.10. The van der Waals surface area contributed by atoms with Gasteiger partial charge >= 0.3 is 0 Å². The van der Waals surface area contributed by atoms with Gasteiger partial charge in [0.2, 0.25) is 0 Å². The molecule has 0 heterocycles. The lowest BCUT2D eigenvalue weighted by molar-refractivity contribution is 0.792. The molecule has 0 fully saturated rings. The van der Waals surface area contributed by atoms with Crippen LogP contribution >= 0.6 is 0 Å². The Morgan fingerprint density at radius 3 is 3.07 bits per heavy atom. The van der Waals surface area contributed by atoms with Gasteiger partial charge in [-0.25, -0.2) is 0 Å². The highest BCUT2D eigenvalue weighted by Gasteiger charge is 1.92. The minimum Gasteiger partial charge on any atom is -0.319 e. The highest BCUT2D eigenvalue weighted by Crippen LogP contribution is 2.07. The Bertz CT molecular complexity index is 344. The van der Waals surface area contributed by atoms with Gasteiger partial charge in [0, 0.05) is 0 Å². The SMILES string of the molecule is C#C/C=C\c1cccc(CCNC)c1. The zero-order chi connectivity index (χ0) is 10.2. The number of allylic oxidation sites excluding steroid dienone is 1. The Balaban J connectivity index is 2.69. The molecule has 1 aromatic carbocycles. The highest BCUT2D eigenvalue weighted by atomic mass is 14.8. The Morgan fingerprint density at radius 2 is 2.36 bits per heavy atom. The molecule has 0 aliphatic rings. The first kappa shape index (κ1) is 10.6. The van der Waals surface area contributed by atoms with E-state index in [2.05, 4.69) is 35.5 Å². The van der Waals surface area contributed by atoms with Gasteiger partial charge in [-0.05, 0) is 43.3 Å². The van der Waals surface area contributed by atoms with Crippen molar-refractivity contribution in [3.63, 3.8) is 0 Å². The van der Waals surface area contributed by atoms with Crippen LogP contribution in [0.4, 0.5) is 0 Å². The molecule has 0 aliphatic heterocycles. The van der Waals surface area contributed by atoms with Crippen molar-refractivity contribution in [3.8, 4) is 12.3 Å². The third-order valence-electron chi connectivity index (χ3n) is 1.99. The molecule has 0 aliphatic carbocycles. The normalized spacial score (nSPS) is 10.3. The zero-order valence-corrected chi connectivity index (χ0v) is 8.46. The maximum atomic E-state index is 5.15. The average molecular weight is 185 g/mol. The maximum absolute atomic E-state index is 5.15. The monoisotopic (exact) mass is 185 g/mol. The van der Waals surface area contributed by atoms with Gasteiger partial charge < -0.3 is 5.32 Å². The van der Waals surface area contributed by atoms with Crippen LogP contribution in [0.25, 0.3) is 6.08 Å². The molecule has 0 radical (unpaired) electrons. The predicted molar refractivity (Wildman–Crippen MR) is 61.9 cm³/mol. The Hall–Kier alpha value is -1.52. The quantitative estimate of drug-likeness (QED) is 0.708. The van der Waals surface area contributed by atoms with Gasteiger partial charge in [0.05, 0.1) is 0 Å². The molecule has 1 heteroatoms. The van der Waals surface area contributed by atoms with Crippen molar-refractivity contribution in [2.75, 3.05) is 13.6 Å². The number of rotatable bonds is 4. The predicted octanol–water partition coefficient (Wildman–Crippen LogP) is 2.09. The van der Waals surface area contributed by atoms with E-state index in [0.717, 1.165) is 18.5 Å². The van der Waals surface area contributed by atoms with Gasteiger partial charge in [-0.15, -0.1) is 6.42 Å². The summed E-state index contributed by atoms with van der Waals surface area (Å²) < 4.78 is 0. The van der Waals surface area contributed by atoms with Crippen molar-refractivity contribution >= 4 is 6.08 Å². The van der Waals surface area contributed by atoms with Crippen LogP contribution in [0.5, 0.6) is 0 Å². The first-order valence-electron chi connectivity index (χ1n) is 4.73. The van der Waals surface area contributed by atoms with Gasteiger partial charge in [0.15, 0.2) is 0 Å². The Labute approximate surface area is 85.8 Å². The topological polar surface area (TPSA) is 12.0 Å². The van der Waals surface area contributed by atoms with Crippen LogP contribution < -0.4 is 5.32 Å².